The van der Waals surface area contributed by atoms with Crippen LogP contribution in [0.15, 0.2) is 6.20 Å². The fraction of sp³-hybridized carbons (Fsp3) is 0.833. The molecule has 1 heterocycles. The van der Waals surface area contributed by atoms with Crippen LogP contribution >= 0.6 is 0 Å². The van der Waals surface area contributed by atoms with E-state index in [0.29, 0.717) is 6.54 Å². The van der Waals surface area contributed by atoms with Gasteiger partial charge in [0.2, 0.25) is 0 Å². The molecule has 0 aliphatic heterocycles. The molecular weight excluding hydrogens is 258 g/mol. The van der Waals surface area contributed by atoms with Crippen molar-refractivity contribution >= 4 is 0 Å². The number of H-pyrrole nitrogens is 1. The minimum Gasteiger partial charge on any atom is -0.346 e. The second-order valence-corrected chi connectivity index (χ2v) is 6.18. The molecule has 0 aliphatic rings. The summed E-state index contributed by atoms with van der Waals surface area (Å²) in [5.41, 5.74) is 6.71. The summed E-state index contributed by atoms with van der Waals surface area (Å²) in [7, 11) is 0. The molecule has 0 saturated carbocycles. The molecule has 3 heteroatoms. The number of aromatic amines is 1. The number of hydrogen-bond donors (Lipinski definition) is 2. The molecule has 0 aliphatic carbocycles. The summed E-state index contributed by atoms with van der Waals surface area (Å²) >= 11 is 0. The molecule has 0 fully saturated rings. The number of imidazole rings is 1. The van der Waals surface area contributed by atoms with Crippen LogP contribution in [0, 0.1) is 0 Å². The molecule has 0 saturated heterocycles. The molecule has 0 atom stereocenters. The summed E-state index contributed by atoms with van der Waals surface area (Å²) in [5, 5.41) is 0. The van der Waals surface area contributed by atoms with Crippen molar-refractivity contribution in [1.82, 2.24) is 9.97 Å². The lowest BCUT2D eigenvalue weighted by Gasteiger charge is -2.02. The highest BCUT2D eigenvalue weighted by molar-refractivity contribution is 5.01. The lowest BCUT2D eigenvalue weighted by Crippen LogP contribution is -2.02. The van der Waals surface area contributed by atoms with Gasteiger partial charge < -0.3 is 10.7 Å². The molecule has 0 bridgehead atoms. The van der Waals surface area contributed by atoms with Gasteiger partial charge in [-0.15, -0.1) is 0 Å². The van der Waals surface area contributed by atoms with Crippen LogP contribution < -0.4 is 5.73 Å². The van der Waals surface area contributed by atoms with Gasteiger partial charge in [0, 0.05) is 24.7 Å². The second-order valence-electron chi connectivity index (χ2n) is 6.18. The van der Waals surface area contributed by atoms with Crippen LogP contribution in [0.25, 0.3) is 0 Å². The fourth-order valence-electron chi connectivity index (χ4n) is 2.77. The van der Waals surface area contributed by atoms with Crippen LogP contribution in [0.3, 0.4) is 0 Å². The van der Waals surface area contributed by atoms with Crippen molar-refractivity contribution in [2.75, 3.05) is 6.54 Å². The van der Waals surface area contributed by atoms with Gasteiger partial charge >= 0.3 is 0 Å². The van der Waals surface area contributed by atoms with Gasteiger partial charge in [-0.1, -0.05) is 71.1 Å². The monoisotopic (exact) mass is 293 g/mol. The van der Waals surface area contributed by atoms with E-state index >= 15 is 0 Å². The smallest absolute Gasteiger partial charge is 0.106 e. The summed E-state index contributed by atoms with van der Waals surface area (Å²) < 4.78 is 0. The average molecular weight is 293 g/mol. The van der Waals surface area contributed by atoms with E-state index in [1.54, 1.807) is 0 Å². The van der Waals surface area contributed by atoms with E-state index in [1.807, 2.05) is 6.20 Å². The van der Waals surface area contributed by atoms with E-state index < -0.39 is 0 Å². The SMILES string of the molecule is CCCCCCCCCCCCCc1ncc(CCN)[nH]1. The first kappa shape index (κ1) is 18.2. The molecule has 3 nitrogen and oxygen atoms in total. The molecule has 0 radical (unpaired) electrons. The van der Waals surface area contributed by atoms with E-state index in [9.17, 15) is 0 Å². The zero-order valence-electron chi connectivity index (χ0n) is 14.0. The van der Waals surface area contributed by atoms with Crippen molar-refractivity contribution in [2.45, 2.75) is 90.4 Å². The minimum atomic E-state index is 0.695. The van der Waals surface area contributed by atoms with Crippen molar-refractivity contribution in [3.8, 4) is 0 Å². The van der Waals surface area contributed by atoms with Gasteiger partial charge in [-0.25, -0.2) is 4.98 Å². The normalized spacial score (nSPS) is 11.1. The first-order chi connectivity index (χ1) is 10.4. The maximum Gasteiger partial charge on any atom is 0.106 e. The number of unbranched alkanes of at least 4 members (excludes halogenated alkanes) is 10. The third-order valence-corrected chi connectivity index (χ3v) is 4.11. The van der Waals surface area contributed by atoms with Gasteiger partial charge in [-0.05, 0) is 13.0 Å². The molecule has 1 aromatic heterocycles. The van der Waals surface area contributed by atoms with Crippen LogP contribution in [-0.2, 0) is 12.8 Å². The second kappa shape index (κ2) is 12.9. The molecule has 21 heavy (non-hydrogen) atoms. The molecule has 0 unspecified atom stereocenters. The van der Waals surface area contributed by atoms with Crippen molar-refractivity contribution in [1.29, 1.82) is 0 Å². The van der Waals surface area contributed by atoms with E-state index in [4.69, 9.17) is 5.73 Å². The fourth-order valence-corrected chi connectivity index (χ4v) is 2.77. The molecular formula is C18H35N3. The molecule has 1 rings (SSSR count). The van der Waals surface area contributed by atoms with Crippen LogP contribution in [0.1, 0.15) is 89.1 Å². The largest absolute Gasteiger partial charge is 0.346 e. The predicted molar refractivity (Wildman–Crippen MR) is 91.5 cm³/mol. The zero-order valence-corrected chi connectivity index (χ0v) is 14.0. The Morgan fingerprint density at radius 3 is 2.00 bits per heavy atom. The number of hydrogen-bond acceptors (Lipinski definition) is 2. The molecule has 0 spiro atoms. The maximum absolute atomic E-state index is 5.54. The number of aromatic nitrogens is 2. The van der Waals surface area contributed by atoms with E-state index in [2.05, 4.69) is 16.9 Å². The lowest BCUT2D eigenvalue weighted by molar-refractivity contribution is 0.548. The zero-order chi connectivity index (χ0) is 15.2. The standard InChI is InChI=1S/C18H35N3/c1-2-3-4-5-6-7-8-9-10-11-12-13-18-20-16-17(21-18)14-15-19/h16H,2-15,19H2,1H3,(H,20,21). The highest BCUT2D eigenvalue weighted by Crippen LogP contribution is 2.12. The van der Waals surface area contributed by atoms with E-state index in [0.717, 1.165) is 18.7 Å². The number of aryl methyl sites for hydroxylation is 1. The molecule has 3 N–H and O–H groups in total. The summed E-state index contributed by atoms with van der Waals surface area (Å²) in [6.45, 7) is 2.97. The third kappa shape index (κ3) is 9.67. The Kier molecular flexibility index (Phi) is 11.2. The lowest BCUT2D eigenvalue weighted by atomic mass is 10.1. The summed E-state index contributed by atoms with van der Waals surface area (Å²) in [6.07, 6.45) is 19.2. The first-order valence-electron chi connectivity index (χ1n) is 9.09. The van der Waals surface area contributed by atoms with Gasteiger partial charge in [-0.3, -0.25) is 0 Å². The van der Waals surface area contributed by atoms with Crippen molar-refractivity contribution in [2.24, 2.45) is 5.73 Å². The average Bonchev–Trinajstić information content (AvgIpc) is 2.93. The summed E-state index contributed by atoms with van der Waals surface area (Å²) in [6, 6.07) is 0. The maximum atomic E-state index is 5.54. The first-order valence-corrected chi connectivity index (χ1v) is 9.09. The highest BCUT2D eigenvalue weighted by atomic mass is 14.9. The van der Waals surface area contributed by atoms with Crippen LogP contribution in [0.4, 0.5) is 0 Å². The van der Waals surface area contributed by atoms with Gasteiger partial charge in [0.25, 0.3) is 0 Å². The van der Waals surface area contributed by atoms with Gasteiger partial charge in [0.15, 0.2) is 0 Å². The van der Waals surface area contributed by atoms with Crippen LogP contribution in [0.2, 0.25) is 0 Å². The van der Waals surface area contributed by atoms with Crippen molar-refractivity contribution in [3.05, 3.63) is 17.7 Å². The Balaban J connectivity index is 1.86. The molecule has 0 aromatic carbocycles. The van der Waals surface area contributed by atoms with Gasteiger partial charge in [0.05, 0.1) is 0 Å². The van der Waals surface area contributed by atoms with Crippen molar-refractivity contribution in [3.63, 3.8) is 0 Å². The Hall–Kier alpha value is -0.830. The molecule has 1 aromatic rings. The molecule has 122 valence electrons. The summed E-state index contributed by atoms with van der Waals surface area (Å²) in [5.74, 6) is 1.13. The number of nitrogens with one attached hydrogen (secondary N) is 1. The van der Waals surface area contributed by atoms with Crippen molar-refractivity contribution < 1.29 is 0 Å². The predicted octanol–water partition coefficient (Wildman–Crippen LogP) is 4.76. The quantitative estimate of drug-likeness (QED) is 0.486. The Morgan fingerprint density at radius 2 is 1.43 bits per heavy atom. The number of rotatable bonds is 14. The van der Waals surface area contributed by atoms with E-state index in [1.165, 1.54) is 76.3 Å². The highest BCUT2D eigenvalue weighted by Gasteiger charge is 2.00. The third-order valence-electron chi connectivity index (χ3n) is 4.11. The number of nitrogens with zero attached hydrogens (tertiary/aromatic N) is 1. The van der Waals surface area contributed by atoms with Gasteiger partial charge in [-0.2, -0.15) is 0 Å². The van der Waals surface area contributed by atoms with Crippen LogP contribution in [0.5, 0.6) is 0 Å². The Labute approximate surface area is 131 Å². The Bertz CT molecular complexity index is 333. The topological polar surface area (TPSA) is 54.7 Å². The molecule has 0 amide bonds. The summed E-state index contributed by atoms with van der Waals surface area (Å²) in [4.78, 5) is 7.76. The Morgan fingerprint density at radius 1 is 0.857 bits per heavy atom. The van der Waals surface area contributed by atoms with Gasteiger partial charge in [0.1, 0.15) is 5.82 Å². The van der Waals surface area contributed by atoms with E-state index in [-0.39, 0.29) is 0 Å². The minimum absolute atomic E-state index is 0.695. The number of nitrogens with two attached hydrogens (primary N) is 1. The van der Waals surface area contributed by atoms with Crippen LogP contribution in [-0.4, -0.2) is 16.5 Å².